The second-order valence-electron chi connectivity index (χ2n) is 6.04. The molecular formula is C19H19N3O3. The number of hydrogen-bond acceptors (Lipinski definition) is 3. The molecule has 3 amide bonds. The van der Waals surface area contributed by atoms with E-state index in [1.807, 2.05) is 0 Å². The normalized spacial score (nSPS) is 13.0. The van der Waals surface area contributed by atoms with Crippen molar-refractivity contribution in [1.29, 1.82) is 0 Å². The summed E-state index contributed by atoms with van der Waals surface area (Å²) < 4.78 is 0. The first-order chi connectivity index (χ1) is 12.0. The third-order valence-corrected chi connectivity index (χ3v) is 3.74. The molecule has 3 rings (SSSR count). The van der Waals surface area contributed by atoms with Gasteiger partial charge in [-0.1, -0.05) is 12.1 Å². The Balaban J connectivity index is 1.70. The van der Waals surface area contributed by atoms with E-state index < -0.39 is 0 Å². The van der Waals surface area contributed by atoms with Crippen molar-refractivity contribution < 1.29 is 14.4 Å². The zero-order valence-electron chi connectivity index (χ0n) is 13.8. The Morgan fingerprint density at radius 3 is 1.96 bits per heavy atom. The highest BCUT2D eigenvalue weighted by Gasteiger charge is 2.23. The van der Waals surface area contributed by atoms with Crippen LogP contribution in [0, 0.1) is 0 Å². The molecule has 2 aromatic rings. The lowest BCUT2D eigenvalue weighted by atomic mass is 10.1. The van der Waals surface area contributed by atoms with Crippen molar-refractivity contribution in [2.75, 3.05) is 10.6 Å². The highest BCUT2D eigenvalue weighted by Crippen LogP contribution is 2.20. The van der Waals surface area contributed by atoms with Crippen LogP contribution in [0.25, 0.3) is 0 Å². The number of carbonyl (C=O) groups is 3. The van der Waals surface area contributed by atoms with Crippen LogP contribution in [0.15, 0.2) is 48.5 Å². The van der Waals surface area contributed by atoms with E-state index >= 15 is 0 Å². The van der Waals surface area contributed by atoms with Crippen molar-refractivity contribution in [3.63, 3.8) is 0 Å². The van der Waals surface area contributed by atoms with Gasteiger partial charge >= 0.3 is 0 Å². The Morgan fingerprint density at radius 2 is 1.40 bits per heavy atom. The van der Waals surface area contributed by atoms with Crippen molar-refractivity contribution >= 4 is 29.1 Å². The first-order valence-corrected chi connectivity index (χ1v) is 8.11. The van der Waals surface area contributed by atoms with Crippen LogP contribution in [0.5, 0.6) is 0 Å². The number of anilines is 2. The fourth-order valence-electron chi connectivity index (χ4n) is 2.38. The highest BCUT2D eigenvalue weighted by molar-refractivity contribution is 6.06. The summed E-state index contributed by atoms with van der Waals surface area (Å²) in [6.45, 7) is 1.41. The van der Waals surface area contributed by atoms with Crippen molar-refractivity contribution in [3.05, 3.63) is 59.7 Å². The third kappa shape index (κ3) is 4.67. The van der Waals surface area contributed by atoms with E-state index in [0.717, 1.165) is 12.8 Å². The van der Waals surface area contributed by atoms with Gasteiger partial charge in [-0.25, -0.2) is 0 Å². The first-order valence-electron chi connectivity index (χ1n) is 8.11. The Labute approximate surface area is 145 Å². The van der Waals surface area contributed by atoms with Gasteiger partial charge in [0.1, 0.15) is 0 Å². The monoisotopic (exact) mass is 337 g/mol. The smallest absolute Gasteiger partial charge is 0.255 e. The molecule has 0 aliphatic heterocycles. The van der Waals surface area contributed by atoms with Crippen LogP contribution >= 0.6 is 0 Å². The van der Waals surface area contributed by atoms with Gasteiger partial charge in [0, 0.05) is 35.5 Å². The lowest BCUT2D eigenvalue weighted by molar-refractivity contribution is -0.114. The Bertz CT molecular complexity index is 828. The molecule has 0 bridgehead atoms. The minimum atomic E-state index is -0.313. The van der Waals surface area contributed by atoms with Crippen LogP contribution in [0.3, 0.4) is 0 Å². The van der Waals surface area contributed by atoms with Crippen LogP contribution in [0.2, 0.25) is 0 Å². The molecule has 0 atom stereocenters. The van der Waals surface area contributed by atoms with Gasteiger partial charge in [0.25, 0.3) is 11.8 Å². The van der Waals surface area contributed by atoms with Crippen LogP contribution in [-0.4, -0.2) is 23.8 Å². The fraction of sp³-hybridized carbons (Fsp3) is 0.211. The van der Waals surface area contributed by atoms with Crippen LogP contribution < -0.4 is 16.0 Å². The third-order valence-electron chi connectivity index (χ3n) is 3.74. The molecule has 1 aliphatic carbocycles. The summed E-state index contributed by atoms with van der Waals surface area (Å²) in [5.74, 6) is -0.648. The number of rotatable bonds is 5. The number of carbonyl (C=O) groups excluding carboxylic acids is 3. The van der Waals surface area contributed by atoms with E-state index in [1.54, 1.807) is 48.5 Å². The number of nitrogens with one attached hydrogen (secondary N) is 3. The lowest BCUT2D eigenvalue weighted by Gasteiger charge is -2.09. The Morgan fingerprint density at radius 1 is 0.840 bits per heavy atom. The van der Waals surface area contributed by atoms with E-state index in [0.29, 0.717) is 22.5 Å². The van der Waals surface area contributed by atoms with Gasteiger partial charge in [0.05, 0.1) is 0 Å². The second-order valence-corrected chi connectivity index (χ2v) is 6.04. The molecule has 0 saturated heterocycles. The fourth-order valence-corrected chi connectivity index (χ4v) is 2.38. The minimum Gasteiger partial charge on any atom is -0.349 e. The van der Waals surface area contributed by atoms with Crippen LogP contribution in [-0.2, 0) is 4.79 Å². The quantitative estimate of drug-likeness (QED) is 0.784. The van der Waals surface area contributed by atoms with E-state index in [9.17, 15) is 14.4 Å². The highest BCUT2D eigenvalue weighted by atomic mass is 16.2. The van der Waals surface area contributed by atoms with Crippen molar-refractivity contribution in [3.8, 4) is 0 Å². The van der Waals surface area contributed by atoms with Crippen molar-refractivity contribution in [2.45, 2.75) is 25.8 Å². The Hall–Kier alpha value is -3.15. The molecule has 0 unspecified atom stereocenters. The molecule has 0 heterocycles. The largest absolute Gasteiger partial charge is 0.349 e. The molecule has 1 aliphatic rings. The van der Waals surface area contributed by atoms with Gasteiger partial charge in [-0.05, 0) is 49.2 Å². The Kier molecular flexibility index (Phi) is 4.79. The molecule has 6 nitrogen and oxygen atoms in total. The van der Waals surface area contributed by atoms with Gasteiger partial charge < -0.3 is 16.0 Å². The molecular weight excluding hydrogens is 318 g/mol. The standard InChI is InChI=1S/C19H19N3O3/c1-12(23)20-16-6-2-4-13(10-16)19(25)22-17-7-3-5-14(11-17)18(24)21-15-8-9-15/h2-7,10-11,15H,8-9H2,1H3,(H,20,23)(H,21,24)(H,22,25). The van der Waals surface area contributed by atoms with Gasteiger partial charge in [-0.15, -0.1) is 0 Å². The summed E-state index contributed by atoms with van der Waals surface area (Å²) in [4.78, 5) is 35.6. The maximum Gasteiger partial charge on any atom is 0.255 e. The van der Waals surface area contributed by atoms with E-state index in [-0.39, 0.29) is 23.8 Å². The molecule has 1 saturated carbocycles. The topological polar surface area (TPSA) is 87.3 Å². The molecule has 6 heteroatoms. The number of hydrogen-bond donors (Lipinski definition) is 3. The van der Waals surface area contributed by atoms with E-state index in [1.165, 1.54) is 6.92 Å². The van der Waals surface area contributed by atoms with Gasteiger partial charge in [-0.3, -0.25) is 14.4 Å². The van der Waals surface area contributed by atoms with Crippen molar-refractivity contribution in [1.82, 2.24) is 5.32 Å². The molecule has 0 spiro atoms. The number of amides is 3. The van der Waals surface area contributed by atoms with Gasteiger partial charge in [-0.2, -0.15) is 0 Å². The molecule has 1 fully saturated rings. The molecule has 25 heavy (non-hydrogen) atoms. The number of benzene rings is 2. The van der Waals surface area contributed by atoms with Crippen molar-refractivity contribution in [2.24, 2.45) is 0 Å². The molecule has 3 N–H and O–H groups in total. The minimum absolute atomic E-state index is 0.133. The summed E-state index contributed by atoms with van der Waals surface area (Å²) >= 11 is 0. The maximum absolute atomic E-state index is 12.4. The van der Waals surface area contributed by atoms with Gasteiger partial charge in [0.2, 0.25) is 5.91 Å². The molecule has 0 aromatic heterocycles. The zero-order chi connectivity index (χ0) is 17.8. The van der Waals surface area contributed by atoms with E-state index in [4.69, 9.17) is 0 Å². The average molecular weight is 337 g/mol. The van der Waals surface area contributed by atoms with Crippen LogP contribution in [0.4, 0.5) is 11.4 Å². The summed E-state index contributed by atoms with van der Waals surface area (Å²) in [6, 6.07) is 13.8. The zero-order valence-corrected chi connectivity index (χ0v) is 13.8. The summed E-state index contributed by atoms with van der Waals surface area (Å²) in [5, 5.41) is 8.33. The predicted octanol–water partition coefficient (Wildman–Crippen LogP) is 2.79. The molecule has 2 aromatic carbocycles. The summed E-state index contributed by atoms with van der Waals surface area (Å²) in [6.07, 6.45) is 2.04. The second kappa shape index (κ2) is 7.17. The lowest BCUT2D eigenvalue weighted by Crippen LogP contribution is -2.25. The SMILES string of the molecule is CC(=O)Nc1cccc(C(=O)Nc2cccc(C(=O)NC3CC3)c2)c1. The predicted molar refractivity (Wildman–Crippen MR) is 95.6 cm³/mol. The maximum atomic E-state index is 12.4. The summed E-state index contributed by atoms with van der Waals surface area (Å²) in [7, 11) is 0. The van der Waals surface area contributed by atoms with Crippen LogP contribution in [0.1, 0.15) is 40.5 Å². The first kappa shape index (κ1) is 16.7. The van der Waals surface area contributed by atoms with Gasteiger partial charge in [0.15, 0.2) is 0 Å². The van der Waals surface area contributed by atoms with E-state index in [2.05, 4.69) is 16.0 Å². The summed E-state index contributed by atoms with van der Waals surface area (Å²) in [5.41, 5.74) is 2.02. The molecule has 0 radical (unpaired) electrons. The average Bonchev–Trinajstić information content (AvgIpc) is 3.38. The molecule has 128 valence electrons.